The fraction of sp³-hybridized carbons (Fsp3) is 0.286. The van der Waals surface area contributed by atoms with Crippen molar-refractivity contribution in [2.24, 2.45) is 0 Å². The second-order valence-electron chi connectivity index (χ2n) is 6.84. The molecule has 1 aliphatic heterocycles. The number of methoxy groups -OCH3 is 1. The van der Waals surface area contributed by atoms with Gasteiger partial charge in [0.1, 0.15) is 5.56 Å². The SMILES string of the molecule is COc1c(Cl)ccc(Cl)c1C(=O)N1CCN(c2nc3ccccc3nc2C)CC1. The van der Waals surface area contributed by atoms with Crippen LogP contribution in [-0.4, -0.2) is 54.1 Å². The van der Waals surface area contributed by atoms with E-state index >= 15 is 0 Å². The third-order valence-electron chi connectivity index (χ3n) is 5.06. The molecule has 29 heavy (non-hydrogen) atoms. The molecule has 2 aromatic carbocycles. The van der Waals surface area contributed by atoms with E-state index in [1.54, 1.807) is 17.0 Å². The largest absolute Gasteiger partial charge is 0.494 e. The van der Waals surface area contributed by atoms with Crippen molar-refractivity contribution in [3.63, 3.8) is 0 Å². The summed E-state index contributed by atoms with van der Waals surface area (Å²) < 4.78 is 5.32. The zero-order chi connectivity index (χ0) is 20.5. The van der Waals surface area contributed by atoms with Crippen LogP contribution < -0.4 is 9.64 Å². The van der Waals surface area contributed by atoms with E-state index < -0.39 is 0 Å². The number of halogens is 2. The van der Waals surface area contributed by atoms with Crippen molar-refractivity contribution in [3.05, 3.63) is 57.7 Å². The number of nitrogens with zero attached hydrogens (tertiary/aromatic N) is 4. The van der Waals surface area contributed by atoms with Gasteiger partial charge in [0.25, 0.3) is 5.91 Å². The standard InChI is InChI=1S/C21H20Cl2N4O2/c1-13-20(25-17-6-4-3-5-16(17)24-13)26-9-11-27(12-10-26)21(28)18-14(22)7-8-15(23)19(18)29-2/h3-8H,9-12H2,1-2H3. The lowest BCUT2D eigenvalue weighted by Gasteiger charge is -2.36. The summed E-state index contributed by atoms with van der Waals surface area (Å²) in [6.45, 7) is 4.35. The number of ether oxygens (including phenoxy) is 1. The van der Waals surface area contributed by atoms with Gasteiger partial charge in [0.15, 0.2) is 11.6 Å². The summed E-state index contributed by atoms with van der Waals surface area (Å²) in [6, 6.07) is 11.1. The number of fused-ring (bicyclic) bond motifs is 1. The molecule has 0 aliphatic carbocycles. The molecule has 3 aromatic rings. The molecule has 0 saturated carbocycles. The minimum atomic E-state index is -0.185. The Hall–Kier alpha value is -2.57. The number of amides is 1. The van der Waals surface area contributed by atoms with Gasteiger partial charge in [0, 0.05) is 26.2 Å². The summed E-state index contributed by atoms with van der Waals surface area (Å²) in [5.74, 6) is 0.979. The van der Waals surface area contributed by atoms with Gasteiger partial charge >= 0.3 is 0 Å². The fourth-order valence-electron chi connectivity index (χ4n) is 3.59. The van der Waals surface area contributed by atoms with Crippen molar-refractivity contribution in [1.82, 2.24) is 14.9 Å². The van der Waals surface area contributed by atoms with Gasteiger partial charge in [-0.15, -0.1) is 0 Å². The first-order chi connectivity index (χ1) is 14.0. The first-order valence-electron chi connectivity index (χ1n) is 9.29. The van der Waals surface area contributed by atoms with Crippen LogP contribution in [-0.2, 0) is 0 Å². The summed E-state index contributed by atoms with van der Waals surface area (Å²) in [6.07, 6.45) is 0. The summed E-state index contributed by atoms with van der Waals surface area (Å²) in [5, 5.41) is 0.691. The number of carbonyl (C=O) groups is 1. The smallest absolute Gasteiger partial charge is 0.259 e. The van der Waals surface area contributed by atoms with Crippen LogP contribution in [0.3, 0.4) is 0 Å². The first kappa shape index (κ1) is 19.7. The van der Waals surface area contributed by atoms with Crippen LogP contribution in [0.2, 0.25) is 10.0 Å². The van der Waals surface area contributed by atoms with Crippen LogP contribution in [0.4, 0.5) is 5.82 Å². The molecule has 0 bridgehead atoms. The molecule has 0 spiro atoms. The monoisotopic (exact) mass is 430 g/mol. The third kappa shape index (κ3) is 3.70. The molecule has 4 rings (SSSR count). The number of hydrogen-bond donors (Lipinski definition) is 0. The average molecular weight is 431 g/mol. The first-order valence-corrected chi connectivity index (χ1v) is 10.0. The summed E-state index contributed by atoms with van der Waals surface area (Å²) in [4.78, 5) is 26.5. The second-order valence-corrected chi connectivity index (χ2v) is 7.65. The van der Waals surface area contributed by atoms with Gasteiger partial charge in [0.05, 0.1) is 33.9 Å². The molecule has 0 radical (unpaired) electrons. The summed E-state index contributed by atoms with van der Waals surface area (Å²) in [5.41, 5.74) is 2.92. The highest BCUT2D eigenvalue weighted by Crippen LogP contribution is 2.35. The zero-order valence-corrected chi connectivity index (χ0v) is 17.7. The van der Waals surface area contributed by atoms with Gasteiger partial charge < -0.3 is 14.5 Å². The molecular weight excluding hydrogens is 411 g/mol. The van der Waals surface area contributed by atoms with E-state index in [2.05, 4.69) is 9.88 Å². The second kappa shape index (κ2) is 8.05. The highest BCUT2D eigenvalue weighted by Gasteiger charge is 2.28. The molecule has 0 atom stereocenters. The van der Waals surface area contributed by atoms with Gasteiger partial charge in [-0.05, 0) is 31.2 Å². The van der Waals surface area contributed by atoms with Gasteiger partial charge in [-0.3, -0.25) is 4.79 Å². The lowest BCUT2D eigenvalue weighted by atomic mass is 10.1. The lowest BCUT2D eigenvalue weighted by molar-refractivity contribution is 0.0743. The number of hydrogen-bond acceptors (Lipinski definition) is 5. The lowest BCUT2D eigenvalue weighted by Crippen LogP contribution is -2.49. The quantitative estimate of drug-likeness (QED) is 0.622. The number of carbonyl (C=O) groups excluding carboxylic acids is 1. The normalized spacial score (nSPS) is 14.3. The topological polar surface area (TPSA) is 58.6 Å². The van der Waals surface area contributed by atoms with Crippen LogP contribution >= 0.6 is 23.2 Å². The van der Waals surface area contributed by atoms with Crippen molar-refractivity contribution in [2.75, 3.05) is 38.2 Å². The van der Waals surface area contributed by atoms with Crippen LogP contribution in [0, 0.1) is 6.92 Å². The van der Waals surface area contributed by atoms with Gasteiger partial charge in [0.2, 0.25) is 0 Å². The van der Waals surface area contributed by atoms with E-state index in [-0.39, 0.29) is 5.91 Å². The van der Waals surface area contributed by atoms with E-state index in [0.717, 1.165) is 22.5 Å². The Morgan fingerprint density at radius 3 is 2.24 bits per heavy atom. The van der Waals surface area contributed by atoms with E-state index in [1.165, 1.54) is 7.11 Å². The minimum Gasteiger partial charge on any atom is -0.494 e. The maximum absolute atomic E-state index is 13.1. The van der Waals surface area contributed by atoms with Gasteiger partial charge in [-0.1, -0.05) is 35.3 Å². The number of para-hydroxylation sites is 2. The molecule has 0 unspecified atom stereocenters. The number of anilines is 1. The van der Waals surface area contributed by atoms with E-state index in [0.29, 0.717) is 47.5 Å². The molecule has 1 fully saturated rings. The van der Waals surface area contributed by atoms with Gasteiger partial charge in [-0.25, -0.2) is 9.97 Å². The predicted octanol–water partition coefficient (Wildman–Crippen LogP) is 4.22. The maximum Gasteiger partial charge on any atom is 0.259 e. The number of rotatable bonds is 3. The predicted molar refractivity (Wildman–Crippen MR) is 115 cm³/mol. The van der Waals surface area contributed by atoms with Gasteiger partial charge in [-0.2, -0.15) is 0 Å². The Morgan fingerprint density at radius 2 is 1.59 bits per heavy atom. The molecule has 1 saturated heterocycles. The van der Waals surface area contributed by atoms with Crippen molar-refractivity contribution in [1.29, 1.82) is 0 Å². The molecule has 1 amide bonds. The Kier molecular flexibility index (Phi) is 5.48. The molecule has 1 aliphatic rings. The Bertz CT molecular complexity index is 1080. The van der Waals surface area contributed by atoms with Crippen LogP contribution in [0.15, 0.2) is 36.4 Å². The average Bonchev–Trinajstić information content (AvgIpc) is 2.74. The van der Waals surface area contributed by atoms with Crippen molar-refractivity contribution in [3.8, 4) is 5.75 Å². The van der Waals surface area contributed by atoms with E-state index in [9.17, 15) is 4.79 Å². The van der Waals surface area contributed by atoms with Crippen molar-refractivity contribution >= 4 is 46.0 Å². The Labute approximate surface area is 179 Å². The zero-order valence-electron chi connectivity index (χ0n) is 16.2. The molecule has 0 N–H and O–H groups in total. The number of aryl methyl sites for hydroxylation is 1. The van der Waals surface area contributed by atoms with Crippen molar-refractivity contribution < 1.29 is 9.53 Å². The molecule has 8 heteroatoms. The maximum atomic E-state index is 13.1. The van der Waals surface area contributed by atoms with Crippen molar-refractivity contribution in [2.45, 2.75) is 6.92 Å². The number of aromatic nitrogens is 2. The van der Waals surface area contributed by atoms with Crippen LogP contribution in [0.5, 0.6) is 5.75 Å². The molecule has 2 heterocycles. The van der Waals surface area contributed by atoms with Crippen LogP contribution in [0.25, 0.3) is 11.0 Å². The summed E-state index contributed by atoms with van der Waals surface area (Å²) >= 11 is 12.5. The fourth-order valence-corrected chi connectivity index (χ4v) is 4.05. The Balaban J connectivity index is 1.54. The number of piperazine rings is 1. The van der Waals surface area contributed by atoms with E-state index in [4.69, 9.17) is 32.9 Å². The number of benzene rings is 2. The molecule has 1 aromatic heterocycles. The van der Waals surface area contributed by atoms with Crippen LogP contribution in [0.1, 0.15) is 16.1 Å². The molecular formula is C21H20Cl2N4O2. The highest BCUT2D eigenvalue weighted by molar-refractivity contribution is 6.37. The third-order valence-corrected chi connectivity index (χ3v) is 5.68. The molecule has 150 valence electrons. The summed E-state index contributed by atoms with van der Waals surface area (Å²) in [7, 11) is 1.48. The minimum absolute atomic E-state index is 0.185. The molecule has 6 nitrogen and oxygen atoms in total. The highest BCUT2D eigenvalue weighted by atomic mass is 35.5. The van der Waals surface area contributed by atoms with E-state index in [1.807, 2.05) is 31.2 Å². The Morgan fingerprint density at radius 1 is 0.966 bits per heavy atom.